The minimum Gasteiger partial charge on any atom is -0.464 e. The van der Waals surface area contributed by atoms with E-state index in [1.54, 1.807) is 0 Å². The molecule has 1 aromatic heterocycles. The molecule has 0 aliphatic rings. The summed E-state index contributed by atoms with van der Waals surface area (Å²) in [5.41, 5.74) is 6.24. The van der Waals surface area contributed by atoms with Crippen LogP contribution in [0.3, 0.4) is 0 Å². The molecule has 0 aliphatic carbocycles. The van der Waals surface area contributed by atoms with Gasteiger partial charge >= 0.3 is 5.97 Å². The van der Waals surface area contributed by atoms with Crippen molar-refractivity contribution in [1.82, 2.24) is 4.98 Å². The Morgan fingerprint density at radius 3 is 2.40 bits per heavy atom. The number of anilines is 1. The van der Waals surface area contributed by atoms with Gasteiger partial charge in [0.05, 0.1) is 12.8 Å². The zero-order valence-electron chi connectivity index (χ0n) is 8.67. The number of hydrogen-bond acceptors (Lipinski definition) is 4. The maximum atomic E-state index is 11.1. The second kappa shape index (κ2) is 6.79. The van der Waals surface area contributed by atoms with E-state index in [-0.39, 0.29) is 5.69 Å². The van der Waals surface area contributed by atoms with Crippen molar-refractivity contribution in [3.8, 4) is 0 Å². The molecule has 6 heteroatoms. The Bertz CT molecular complexity index is 333. The Kier molecular flexibility index (Phi) is 6.51. The minimum atomic E-state index is -0.499. The Morgan fingerprint density at radius 1 is 1.47 bits per heavy atom. The highest BCUT2D eigenvalue weighted by atomic mass is 79.9. The number of aromatic nitrogens is 1. The van der Waals surface area contributed by atoms with Crippen molar-refractivity contribution in [3.63, 3.8) is 0 Å². The van der Waals surface area contributed by atoms with Gasteiger partial charge in [0.25, 0.3) is 0 Å². The van der Waals surface area contributed by atoms with Gasteiger partial charge in [0, 0.05) is 4.47 Å². The molecule has 0 aromatic carbocycles. The molecule has 0 fully saturated rings. The molecule has 1 heterocycles. The fourth-order valence-electron chi connectivity index (χ4n) is 0.704. The number of pyridine rings is 1. The number of ether oxygens (including phenoxy) is 1. The summed E-state index contributed by atoms with van der Waals surface area (Å²) in [5, 5.41) is 0. The molecule has 15 heavy (non-hydrogen) atoms. The van der Waals surface area contributed by atoms with Gasteiger partial charge in [-0.05, 0) is 37.9 Å². The van der Waals surface area contributed by atoms with Gasteiger partial charge in [0.1, 0.15) is 4.60 Å². The fourth-order valence-corrected chi connectivity index (χ4v) is 1.78. The second-order valence-corrected chi connectivity index (χ2v) is 3.79. The fraction of sp³-hybridized carbons (Fsp3) is 0.333. The number of hydrogen-bond donors (Lipinski definition) is 1. The number of nitrogen functional groups attached to an aromatic ring is 1. The summed E-state index contributed by atoms with van der Waals surface area (Å²) in [6.45, 7) is 4.00. The third-order valence-corrected chi connectivity index (χ3v) is 2.62. The van der Waals surface area contributed by atoms with Crippen LogP contribution in [0.15, 0.2) is 15.1 Å². The highest BCUT2D eigenvalue weighted by molar-refractivity contribution is 9.11. The first-order chi connectivity index (χ1) is 7.06. The van der Waals surface area contributed by atoms with E-state index in [1.807, 2.05) is 13.8 Å². The van der Waals surface area contributed by atoms with E-state index < -0.39 is 5.97 Å². The summed E-state index contributed by atoms with van der Waals surface area (Å²) in [4.78, 5) is 15.0. The van der Waals surface area contributed by atoms with Crippen molar-refractivity contribution in [2.24, 2.45) is 0 Å². The summed E-state index contributed by atoms with van der Waals surface area (Å²) < 4.78 is 5.53. The Labute approximate surface area is 105 Å². The lowest BCUT2D eigenvalue weighted by atomic mass is 10.3. The molecular weight excluding hydrogens is 328 g/mol. The number of halogens is 2. The molecule has 0 aliphatic heterocycles. The van der Waals surface area contributed by atoms with Crippen LogP contribution >= 0.6 is 31.9 Å². The third kappa shape index (κ3) is 3.79. The first-order valence-corrected chi connectivity index (χ1v) is 5.84. The zero-order valence-corrected chi connectivity index (χ0v) is 11.8. The number of carbonyl (C=O) groups excluding carboxylic acids is 1. The maximum Gasteiger partial charge on any atom is 0.356 e. The highest BCUT2D eigenvalue weighted by Gasteiger charge is 2.12. The summed E-state index contributed by atoms with van der Waals surface area (Å²) in [6.07, 6.45) is 0. The Morgan fingerprint density at radius 2 is 2.00 bits per heavy atom. The van der Waals surface area contributed by atoms with Crippen LogP contribution in [-0.2, 0) is 4.74 Å². The standard InChI is InChI=1S/C7H6Br2N2O2.C2H6/c1-13-7(12)4-2-3(8)5(10)6(9)11-4;1-2/h2H,10H2,1H3;1-2H3. The molecule has 2 N–H and O–H groups in total. The average molecular weight is 340 g/mol. The van der Waals surface area contributed by atoms with Crippen molar-refractivity contribution in [2.45, 2.75) is 13.8 Å². The van der Waals surface area contributed by atoms with E-state index in [4.69, 9.17) is 5.73 Å². The van der Waals surface area contributed by atoms with Gasteiger partial charge in [-0.15, -0.1) is 0 Å². The van der Waals surface area contributed by atoms with Gasteiger partial charge in [-0.1, -0.05) is 13.8 Å². The molecule has 0 bridgehead atoms. The van der Waals surface area contributed by atoms with Crippen LogP contribution in [0.25, 0.3) is 0 Å². The molecule has 0 spiro atoms. The van der Waals surface area contributed by atoms with Crippen LogP contribution in [-0.4, -0.2) is 18.1 Å². The molecule has 0 unspecified atom stereocenters. The molecule has 4 nitrogen and oxygen atoms in total. The number of carbonyl (C=O) groups is 1. The van der Waals surface area contributed by atoms with Gasteiger partial charge in [-0.2, -0.15) is 0 Å². The van der Waals surface area contributed by atoms with Crippen molar-refractivity contribution >= 4 is 43.5 Å². The summed E-state index contributed by atoms with van der Waals surface area (Å²) in [7, 11) is 1.29. The molecule has 1 aromatic rings. The van der Waals surface area contributed by atoms with E-state index in [0.717, 1.165) is 0 Å². The number of rotatable bonds is 1. The maximum absolute atomic E-state index is 11.1. The van der Waals surface area contributed by atoms with Crippen LogP contribution < -0.4 is 5.73 Å². The third-order valence-electron chi connectivity index (χ3n) is 1.36. The molecule has 0 radical (unpaired) electrons. The van der Waals surface area contributed by atoms with E-state index in [1.165, 1.54) is 13.2 Å². The molecule has 0 atom stereocenters. The number of methoxy groups -OCH3 is 1. The smallest absolute Gasteiger partial charge is 0.356 e. The number of nitrogens with zero attached hydrogens (tertiary/aromatic N) is 1. The first kappa shape index (κ1) is 14.4. The lowest BCUT2D eigenvalue weighted by molar-refractivity contribution is 0.0594. The van der Waals surface area contributed by atoms with Crippen LogP contribution in [0.1, 0.15) is 24.3 Å². The predicted molar refractivity (Wildman–Crippen MR) is 66.7 cm³/mol. The first-order valence-electron chi connectivity index (χ1n) is 4.26. The van der Waals surface area contributed by atoms with Gasteiger partial charge in [0.2, 0.25) is 0 Å². The van der Waals surface area contributed by atoms with E-state index in [0.29, 0.717) is 14.8 Å². The second-order valence-electron chi connectivity index (χ2n) is 2.19. The topological polar surface area (TPSA) is 65.2 Å². The van der Waals surface area contributed by atoms with Crippen molar-refractivity contribution in [1.29, 1.82) is 0 Å². The van der Waals surface area contributed by atoms with Crippen molar-refractivity contribution in [3.05, 3.63) is 20.8 Å². The van der Waals surface area contributed by atoms with Gasteiger partial charge in [0.15, 0.2) is 5.69 Å². The van der Waals surface area contributed by atoms with Crippen LogP contribution in [0, 0.1) is 0 Å². The largest absolute Gasteiger partial charge is 0.464 e. The number of nitrogens with two attached hydrogens (primary N) is 1. The van der Waals surface area contributed by atoms with Crippen molar-refractivity contribution in [2.75, 3.05) is 12.8 Å². The quantitative estimate of drug-likeness (QED) is 0.631. The monoisotopic (exact) mass is 338 g/mol. The predicted octanol–water partition coefficient (Wildman–Crippen LogP) is 3.00. The molecule has 0 amide bonds. The average Bonchev–Trinajstić information content (AvgIpc) is 2.26. The van der Waals surface area contributed by atoms with Crippen molar-refractivity contribution < 1.29 is 9.53 Å². The molecule has 0 saturated heterocycles. The normalized spacial score (nSPS) is 8.87. The van der Waals surface area contributed by atoms with Crippen LogP contribution in [0.4, 0.5) is 5.69 Å². The lowest BCUT2D eigenvalue weighted by Gasteiger charge is -2.03. The van der Waals surface area contributed by atoms with Crippen LogP contribution in [0.5, 0.6) is 0 Å². The van der Waals surface area contributed by atoms with E-state index in [9.17, 15) is 4.79 Å². The van der Waals surface area contributed by atoms with E-state index in [2.05, 4.69) is 41.6 Å². The highest BCUT2D eigenvalue weighted by Crippen LogP contribution is 2.26. The molecular formula is C9H12Br2N2O2. The zero-order chi connectivity index (χ0) is 12.0. The van der Waals surface area contributed by atoms with Gasteiger partial charge < -0.3 is 10.5 Å². The summed E-state index contributed by atoms with van der Waals surface area (Å²) in [6, 6.07) is 1.51. The molecule has 0 saturated carbocycles. The Balaban J connectivity index is 0.000000921. The minimum absolute atomic E-state index is 0.204. The Hall–Kier alpha value is -0.620. The summed E-state index contributed by atoms with van der Waals surface area (Å²) in [5.74, 6) is -0.499. The molecule has 1 rings (SSSR count). The van der Waals surface area contributed by atoms with Gasteiger partial charge in [-0.3, -0.25) is 0 Å². The molecule has 84 valence electrons. The summed E-state index contributed by atoms with van der Waals surface area (Å²) >= 11 is 6.31. The lowest BCUT2D eigenvalue weighted by Crippen LogP contribution is -2.05. The van der Waals surface area contributed by atoms with Gasteiger partial charge in [-0.25, -0.2) is 9.78 Å². The van der Waals surface area contributed by atoms with Crippen LogP contribution in [0.2, 0.25) is 0 Å². The number of esters is 1. The SMILES string of the molecule is CC.COC(=O)c1cc(Br)c(N)c(Br)n1. The van der Waals surface area contributed by atoms with E-state index >= 15 is 0 Å².